The van der Waals surface area contributed by atoms with Gasteiger partial charge in [-0.05, 0) is 43.4 Å². The molecule has 12 heteroatoms. The van der Waals surface area contributed by atoms with Crippen molar-refractivity contribution >= 4 is 35.1 Å². The normalized spacial score (nSPS) is 15.0. The Hall–Kier alpha value is -2.79. The Bertz CT molecular complexity index is 1170. The molecule has 0 fully saturated rings. The van der Waals surface area contributed by atoms with E-state index in [0.29, 0.717) is 22.5 Å². The second-order valence-corrected chi connectivity index (χ2v) is 8.77. The maximum absolute atomic E-state index is 13.3. The molecule has 1 aromatic heterocycles. The van der Waals surface area contributed by atoms with Gasteiger partial charge < -0.3 is 14.8 Å². The molecule has 0 unspecified atom stereocenters. The summed E-state index contributed by atoms with van der Waals surface area (Å²) in [7, 11) is 0. The number of halogens is 6. The number of fused-ring (bicyclic) bond motifs is 1. The van der Waals surface area contributed by atoms with Crippen LogP contribution in [0.15, 0.2) is 51.9 Å². The molecule has 0 aliphatic carbocycles. The van der Waals surface area contributed by atoms with Crippen LogP contribution in [0.25, 0.3) is 11.1 Å². The van der Waals surface area contributed by atoms with E-state index in [-0.39, 0.29) is 22.3 Å². The number of anilines is 1. The molecular weight excluding hydrogens is 527 g/mol. The number of amides is 1. The second-order valence-electron chi connectivity index (χ2n) is 7.11. The topological polar surface area (TPSA) is 60.5 Å². The number of thioether (sulfide) groups is 1. The van der Waals surface area contributed by atoms with Crippen molar-refractivity contribution in [3.05, 3.63) is 56.9 Å². The summed E-state index contributed by atoms with van der Waals surface area (Å²) in [6.07, 6.45) is -4.90. The van der Waals surface area contributed by atoms with Crippen LogP contribution in [0.2, 0.25) is 5.02 Å². The molecule has 196 valence electrons. The highest BCUT2D eigenvalue weighted by molar-refractivity contribution is 8.07. The first kappa shape index (κ1) is 29.4. The van der Waals surface area contributed by atoms with Crippen molar-refractivity contribution in [3.8, 4) is 22.6 Å². The Morgan fingerprint density at radius 3 is 2.31 bits per heavy atom. The average molecular weight is 551 g/mol. The Morgan fingerprint density at radius 2 is 1.78 bits per heavy atom. The van der Waals surface area contributed by atoms with Gasteiger partial charge in [0.25, 0.3) is 5.91 Å². The number of ether oxygens (including phenoxy) is 2. The van der Waals surface area contributed by atoms with Crippen LogP contribution in [0, 0.1) is 0 Å². The third-order valence-corrected chi connectivity index (χ3v) is 6.03. The van der Waals surface area contributed by atoms with Crippen molar-refractivity contribution in [2.24, 2.45) is 0 Å². The summed E-state index contributed by atoms with van der Waals surface area (Å²) in [5.74, 6) is -1.42. The summed E-state index contributed by atoms with van der Waals surface area (Å²) in [6, 6.07) is 5.24. The molecule has 3 rings (SSSR count). The largest absolute Gasteiger partial charge is 0.586 e. The molecule has 0 atom stereocenters. The highest BCUT2D eigenvalue weighted by atomic mass is 35.5. The van der Waals surface area contributed by atoms with Gasteiger partial charge in [-0.15, -0.1) is 8.78 Å². The number of hydrogen-bond acceptors (Lipinski definition) is 5. The van der Waals surface area contributed by atoms with Gasteiger partial charge in [0.1, 0.15) is 5.82 Å². The Labute approximate surface area is 214 Å². The van der Waals surface area contributed by atoms with E-state index in [2.05, 4.69) is 19.8 Å². The van der Waals surface area contributed by atoms with Crippen LogP contribution < -0.4 is 14.8 Å². The summed E-state index contributed by atoms with van der Waals surface area (Å²) >= 11 is 6.88. The van der Waals surface area contributed by atoms with Crippen molar-refractivity contribution in [1.82, 2.24) is 4.98 Å². The van der Waals surface area contributed by atoms with E-state index < -0.39 is 28.9 Å². The summed E-state index contributed by atoms with van der Waals surface area (Å²) in [5.41, 5.74) is -0.334. The molecular formula is C24H24ClF5N2O3S. The van der Waals surface area contributed by atoms with Crippen LogP contribution in [0.5, 0.6) is 11.5 Å². The van der Waals surface area contributed by atoms with E-state index >= 15 is 0 Å². The number of allylic oxidation sites excluding steroid dienone is 3. The minimum atomic E-state index is -4.68. The molecule has 2 aromatic rings. The second kappa shape index (κ2) is 12.0. The minimum Gasteiger partial charge on any atom is -0.395 e. The fraction of sp³-hybridized carbons (Fsp3) is 0.333. The van der Waals surface area contributed by atoms with Crippen LogP contribution in [0.3, 0.4) is 0 Å². The Balaban J connectivity index is 0.00000222. The van der Waals surface area contributed by atoms with Gasteiger partial charge in [-0.1, -0.05) is 50.2 Å². The van der Waals surface area contributed by atoms with Crippen molar-refractivity contribution in [2.75, 3.05) is 5.32 Å². The average Bonchev–Trinajstić information content (AvgIpc) is 3.10. The fourth-order valence-corrected chi connectivity index (χ4v) is 4.15. The quantitative estimate of drug-likeness (QED) is 0.288. The molecule has 0 saturated carbocycles. The summed E-state index contributed by atoms with van der Waals surface area (Å²) < 4.78 is 75.2. The van der Waals surface area contributed by atoms with Crippen molar-refractivity contribution in [3.63, 3.8) is 0 Å². The molecule has 0 saturated heterocycles. The minimum absolute atomic E-state index is 0.0117. The fourth-order valence-electron chi connectivity index (χ4n) is 2.90. The van der Waals surface area contributed by atoms with Gasteiger partial charge in [0.2, 0.25) is 0 Å². The van der Waals surface area contributed by atoms with Gasteiger partial charge in [-0.2, -0.15) is 13.2 Å². The zero-order valence-corrected chi connectivity index (χ0v) is 21.6. The molecule has 1 amide bonds. The highest BCUT2D eigenvalue weighted by Gasteiger charge is 2.44. The molecule has 1 aliphatic rings. The van der Waals surface area contributed by atoms with Crippen LogP contribution >= 0.6 is 23.4 Å². The van der Waals surface area contributed by atoms with E-state index in [0.717, 1.165) is 18.7 Å². The number of alkyl halides is 5. The molecule has 2 heterocycles. The molecule has 1 aliphatic heterocycles. The van der Waals surface area contributed by atoms with E-state index in [1.807, 2.05) is 20.8 Å². The molecule has 0 spiro atoms. The third kappa shape index (κ3) is 7.36. The number of carbonyl (C=O) groups is 1. The predicted octanol–water partition coefficient (Wildman–Crippen LogP) is 8.57. The summed E-state index contributed by atoms with van der Waals surface area (Å²) in [6.45, 7) is 8.28. The monoisotopic (exact) mass is 550 g/mol. The lowest BCUT2D eigenvalue weighted by Crippen LogP contribution is -2.25. The van der Waals surface area contributed by atoms with Crippen molar-refractivity contribution in [1.29, 1.82) is 0 Å². The molecule has 0 radical (unpaired) electrons. The SMILES string of the molecule is CC.CC/C=C(\C)S/C(C(=O)Nc1ccc(-c2cc3c(cc2Cl)OC(F)(F)O3)cn1)=C(\C)C(F)(F)F. The van der Waals surface area contributed by atoms with E-state index in [1.165, 1.54) is 30.5 Å². The smallest absolute Gasteiger partial charge is 0.395 e. The maximum atomic E-state index is 13.3. The Morgan fingerprint density at radius 1 is 1.17 bits per heavy atom. The highest BCUT2D eigenvalue weighted by Crippen LogP contribution is 2.46. The number of nitrogens with zero attached hydrogens (tertiary/aromatic N) is 1. The number of rotatable bonds is 6. The summed E-state index contributed by atoms with van der Waals surface area (Å²) in [4.78, 5) is 16.7. The third-order valence-electron chi connectivity index (χ3n) is 4.53. The molecule has 1 aromatic carbocycles. The van der Waals surface area contributed by atoms with Gasteiger partial charge in [-0.25, -0.2) is 4.98 Å². The van der Waals surface area contributed by atoms with Gasteiger partial charge in [0.15, 0.2) is 11.5 Å². The van der Waals surface area contributed by atoms with E-state index in [4.69, 9.17) is 11.6 Å². The number of aromatic nitrogens is 1. The first-order chi connectivity index (χ1) is 16.8. The standard InChI is InChI=1S/C22H18ClF5N2O3S.C2H6/c1-4-5-11(2)34-19(12(3)21(24,25)26)20(31)30-18-7-6-13(10-29-18)14-8-16-17(9-15(14)23)33-22(27,28)32-16;1-2/h5-10H,4H2,1-3H3,(H,29,30,31);1-2H3/b11-5+,19-12+;. The zero-order chi connectivity index (χ0) is 27.3. The van der Waals surface area contributed by atoms with Crippen molar-refractivity contribution < 1.29 is 36.2 Å². The lowest BCUT2D eigenvalue weighted by Gasteiger charge is -2.15. The zero-order valence-electron chi connectivity index (χ0n) is 20.0. The number of hydrogen-bond donors (Lipinski definition) is 1. The first-order valence-electron chi connectivity index (χ1n) is 10.8. The molecule has 1 N–H and O–H groups in total. The van der Waals surface area contributed by atoms with Crippen LogP contribution in [-0.2, 0) is 4.79 Å². The summed E-state index contributed by atoms with van der Waals surface area (Å²) in [5, 5.41) is 2.44. The lowest BCUT2D eigenvalue weighted by atomic mass is 10.1. The van der Waals surface area contributed by atoms with Crippen LogP contribution in [0.4, 0.5) is 27.8 Å². The van der Waals surface area contributed by atoms with Crippen LogP contribution in [0.1, 0.15) is 41.0 Å². The van der Waals surface area contributed by atoms with E-state index in [1.54, 1.807) is 13.0 Å². The predicted molar refractivity (Wildman–Crippen MR) is 131 cm³/mol. The van der Waals surface area contributed by atoms with Gasteiger partial charge in [0, 0.05) is 29.0 Å². The number of pyridine rings is 1. The Kier molecular flexibility index (Phi) is 9.78. The first-order valence-corrected chi connectivity index (χ1v) is 12.0. The van der Waals surface area contributed by atoms with Gasteiger partial charge in [0.05, 0.1) is 9.93 Å². The molecule has 0 bridgehead atoms. The van der Waals surface area contributed by atoms with Gasteiger partial charge in [-0.3, -0.25) is 4.79 Å². The number of nitrogens with one attached hydrogen (secondary N) is 1. The number of carbonyl (C=O) groups excluding carboxylic acids is 1. The van der Waals surface area contributed by atoms with Crippen LogP contribution in [-0.4, -0.2) is 23.4 Å². The van der Waals surface area contributed by atoms with E-state index in [9.17, 15) is 26.7 Å². The number of benzene rings is 1. The molecule has 36 heavy (non-hydrogen) atoms. The lowest BCUT2D eigenvalue weighted by molar-refractivity contribution is -0.286. The maximum Gasteiger partial charge on any atom is 0.586 e. The van der Waals surface area contributed by atoms with Crippen molar-refractivity contribution in [2.45, 2.75) is 53.5 Å². The molecule has 5 nitrogen and oxygen atoms in total. The van der Waals surface area contributed by atoms with Gasteiger partial charge >= 0.3 is 12.5 Å².